The van der Waals surface area contributed by atoms with Gasteiger partial charge in [0.15, 0.2) is 0 Å². The highest BCUT2D eigenvalue weighted by Gasteiger charge is 2.38. The molecule has 3 atom stereocenters. The average Bonchev–Trinajstić information content (AvgIpc) is 2.51. The van der Waals surface area contributed by atoms with E-state index >= 15 is 0 Å². The standard InChI is InChI=1S/C18H25BrF3N3O3/c1-10-9-25(16(26)28-17(3,4)5)14(11(2)27-10)8-24-15-13(19)6-12(7-23-15)18(20,21)22/h6-7,10-11,14H,8-9H2,1-5H3,(H,23,24)/t10-,11+,14-/m1/s1. The largest absolute Gasteiger partial charge is 0.444 e. The summed E-state index contributed by atoms with van der Waals surface area (Å²) in [5.41, 5.74) is -1.49. The summed E-state index contributed by atoms with van der Waals surface area (Å²) in [6, 6.07) is 0.589. The van der Waals surface area contributed by atoms with E-state index in [4.69, 9.17) is 9.47 Å². The monoisotopic (exact) mass is 467 g/mol. The van der Waals surface area contributed by atoms with Gasteiger partial charge in [0.1, 0.15) is 11.4 Å². The molecule has 6 nitrogen and oxygen atoms in total. The fraction of sp³-hybridized carbons (Fsp3) is 0.667. The van der Waals surface area contributed by atoms with Crippen LogP contribution in [0.4, 0.5) is 23.8 Å². The van der Waals surface area contributed by atoms with Crippen LogP contribution in [0, 0.1) is 0 Å². The molecule has 2 rings (SSSR count). The van der Waals surface area contributed by atoms with Gasteiger partial charge in [-0.05, 0) is 56.6 Å². The molecule has 28 heavy (non-hydrogen) atoms. The molecule has 2 heterocycles. The molecule has 1 saturated heterocycles. The Morgan fingerprint density at radius 1 is 1.39 bits per heavy atom. The third-order valence-corrected chi connectivity index (χ3v) is 4.72. The summed E-state index contributed by atoms with van der Waals surface area (Å²) in [5.74, 6) is 0.253. The molecular formula is C18H25BrF3N3O3. The molecule has 0 aromatic carbocycles. The van der Waals surface area contributed by atoms with Crippen molar-refractivity contribution in [2.75, 3.05) is 18.4 Å². The third kappa shape index (κ3) is 5.97. The highest BCUT2D eigenvalue weighted by Crippen LogP contribution is 2.32. The van der Waals surface area contributed by atoms with E-state index in [9.17, 15) is 18.0 Å². The molecule has 1 aromatic rings. The number of anilines is 1. The number of rotatable bonds is 3. The van der Waals surface area contributed by atoms with Gasteiger partial charge in [-0.15, -0.1) is 0 Å². The maximum Gasteiger partial charge on any atom is 0.417 e. The molecule has 1 fully saturated rings. The normalized spacial score (nSPS) is 23.5. The van der Waals surface area contributed by atoms with Crippen LogP contribution >= 0.6 is 15.9 Å². The number of halogens is 4. The number of carbonyl (C=O) groups excluding carboxylic acids is 1. The summed E-state index contributed by atoms with van der Waals surface area (Å²) < 4.78 is 49.8. The first-order valence-electron chi connectivity index (χ1n) is 8.89. The predicted octanol–water partition coefficient (Wildman–Crippen LogP) is 4.69. The third-order valence-electron chi connectivity index (χ3n) is 4.12. The summed E-state index contributed by atoms with van der Waals surface area (Å²) in [4.78, 5) is 18.1. The summed E-state index contributed by atoms with van der Waals surface area (Å²) >= 11 is 3.11. The minimum Gasteiger partial charge on any atom is -0.444 e. The van der Waals surface area contributed by atoms with E-state index in [0.717, 1.165) is 12.3 Å². The van der Waals surface area contributed by atoms with E-state index < -0.39 is 23.4 Å². The Bertz CT molecular complexity index is 710. The molecule has 1 amide bonds. The fourth-order valence-electron chi connectivity index (χ4n) is 2.90. The van der Waals surface area contributed by atoms with Crippen molar-refractivity contribution in [3.8, 4) is 0 Å². The molecule has 0 aliphatic carbocycles. The average molecular weight is 468 g/mol. The minimum atomic E-state index is -4.47. The lowest BCUT2D eigenvalue weighted by atomic mass is 10.1. The van der Waals surface area contributed by atoms with Crippen LogP contribution in [0.1, 0.15) is 40.2 Å². The molecule has 0 saturated carbocycles. The van der Waals surface area contributed by atoms with Gasteiger partial charge in [-0.3, -0.25) is 4.90 Å². The van der Waals surface area contributed by atoms with E-state index in [0.29, 0.717) is 6.54 Å². The topological polar surface area (TPSA) is 63.7 Å². The lowest BCUT2D eigenvalue weighted by molar-refractivity contribution is -0.137. The van der Waals surface area contributed by atoms with E-state index in [-0.39, 0.29) is 35.1 Å². The number of alkyl halides is 3. The Morgan fingerprint density at radius 3 is 2.57 bits per heavy atom. The molecule has 1 N–H and O–H groups in total. The number of morpholine rings is 1. The highest BCUT2D eigenvalue weighted by atomic mass is 79.9. The first kappa shape index (κ1) is 22.7. The van der Waals surface area contributed by atoms with Crippen LogP contribution in [0.2, 0.25) is 0 Å². The Morgan fingerprint density at radius 2 is 2.04 bits per heavy atom. The number of amides is 1. The van der Waals surface area contributed by atoms with Crippen molar-refractivity contribution in [2.24, 2.45) is 0 Å². The van der Waals surface area contributed by atoms with Crippen molar-refractivity contribution in [3.05, 3.63) is 22.3 Å². The molecule has 0 radical (unpaired) electrons. The van der Waals surface area contributed by atoms with Crippen molar-refractivity contribution >= 4 is 27.8 Å². The second kappa shape index (κ2) is 8.44. The SMILES string of the molecule is C[C@@H]1CN(C(=O)OC(C)(C)C)[C@H](CNc2ncc(C(F)(F)F)cc2Br)[C@H](C)O1. The molecule has 0 unspecified atom stereocenters. The maximum absolute atomic E-state index is 12.8. The van der Waals surface area contributed by atoms with Gasteiger partial charge < -0.3 is 14.8 Å². The highest BCUT2D eigenvalue weighted by molar-refractivity contribution is 9.10. The first-order valence-corrected chi connectivity index (χ1v) is 9.69. The fourth-order valence-corrected chi connectivity index (χ4v) is 3.39. The number of nitrogens with zero attached hydrogens (tertiary/aromatic N) is 2. The zero-order chi connectivity index (χ0) is 21.3. The smallest absolute Gasteiger partial charge is 0.417 e. The van der Waals surface area contributed by atoms with Crippen molar-refractivity contribution in [3.63, 3.8) is 0 Å². The number of ether oxygens (including phenoxy) is 2. The van der Waals surface area contributed by atoms with Gasteiger partial charge in [-0.2, -0.15) is 13.2 Å². The van der Waals surface area contributed by atoms with Crippen LogP contribution < -0.4 is 5.32 Å². The van der Waals surface area contributed by atoms with E-state index in [1.165, 1.54) is 0 Å². The Labute approximate surface area is 170 Å². The van der Waals surface area contributed by atoms with Crippen molar-refractivity contribution in [1.29, 1.82) is 0 Å². The second-order valence-electron chi connectivity index (χ2n) is 7.78. The minimum absolute atomic E-state index is 0.158. The van der Waals surface area contributed by atoms with Crippen LogP contribution in [-0.2, 0) is 15.7 Å². The zero-order valence-electron chi connectivity index (χ0n) is 16.4. The number of hydrogen-bond acceptors (Lipinski definition) is 5. The summed E-state index contributed by atoms with van der Waals surface area (Å²) in [6.45, 7) is 9.66. The van der Waals surface area contributed by atoms with Crippen LogP contribution in [0.25, 0.3) is 0 Å². The van der Waals surface area contributed by atoms with E-state index in [2.05, 4.69) is 26.2 Å². The Balaban J connectivity index is 2.14. The molecule has 0 bridgehead atoms. The zero-order valence-corrected chi connectivity index (χ0v) is 18.0. The van der Waals surface area contributed by atoms with Gasteiger partial charge in [-0.25, -0.2) is 9.78 Å². The molecule has 1 aliphatic heterocycles. The van der Waals surface area contributed by atoms with Crippen LogP contribution in [0.5, 0.6) is 0 Å². The number of pyridine rings is 1. The van der Waals surface area contributed by atoms with Gasteiger partial charge >= 0.3 is 12.3 Å². The van der Waals surface area contributed by atoms with Gasteiger partial charge in [0.05, 0.1) is 34.8 Å². The number of hydrogen-bond donors (Lipinski definition) is 1. The van der Waals surface area contributed by atoms with Crippen LogP contribution in [0.15, 0.2) is 16.7 Å². The molecule has 10 heteroatoms. The molecule has 1 aliphatic rings. The lowest BCUT2D eigenvalue weighted by Gasteiger charge is -2.43. The van der Waals surface area contributed by atoms with Gasteiger partial charge in [0, 0.05) is 12.7 Å². The molecule has 1 aromatic heterocycles. The van der Waals surface area contributed by atoms with Gasteiger partial charge in [0.25, 0.3) is 0 Å². The number of aromatic nitrogens is 1. The summed E-state index contributed by atoms with van der Waals surface area (Å²) in [7, 11) is 0. The maximum atomic E-state index is 12.8. The Kier molecular flexibility index (Phi) is 6.86. The van der Waals surface area contributed by atoms with Crippen LogP contribution in [0.3, 0.4) is 0 Å². The summed E-state index contributed by atoms with van der Waals surface area (Å²) in [6.07, 6.45) is -4.61. The lowest BCUT2D eigenvalue weighted by Crippen LogP contribution is -2.58. The first-order chi connectivity index (χ1) is 12.8. The van der Waals surface area contributed by atoms with Crippen molar-refractivity contribution in [1.82, 2.24) is 9.88 Å². The van der Waals surface area contributed by atoms with Crippen molar-refractivity contribution in [2.45, 2.75) is 64.6 Å². The van der Waals surface area contributed by atoms with E-state index in [1.54, 1.807) is 25.7 Å². The Hall–Kier alpha value is -1.55. The van der Waals surface area contributed by atoms with Gasteiger partial charge in [-0.1, -0.05) is 0 Å². The number of carbonyl (C=O) groups is 1. The second-order valence-corrected chi connectivity index (χ2v) is 8.64. The molecule has 0 spiro atoms. The van der Waals surface area contributed by atoms with E-state index in [1.807, 2.05) is 13.8 Å². The predicted molar refractivity (Wildman–Crippen MR) is 102 cm³/mol. The van der Waals surface area contributed by atoms with Gasteiger partial charge in [0.2, 0.25) is 0 Å². The van der Waals surface area contributed by atoms with Crippen LogP contribution in [-0.4, -0.2) is 52.9 Å². The summed E-state index contributed by atoms with van der Waals surface area (Å²) in [5, 5.41) is 3.00. The quantitative estimate of drug-likeness (QED) is 0.698. The van der Waals surface area contributed by atoms with Crippen molar-refractivity contribution < 1.29 is 27.4 Å². The molecular weight excluding hydrogens is 443 g/mol. The molecule has 158 valence electrons. The number of nitrogens with one attached hydrogen (secondary N) is 1.